The molecule has 2 aromatic heterocycles. The molecule has 1 N–H and O–H groups in total. The summed E-state index contributed by atoms with van der Waals surface area (Å²) in [5, 5.41) is 15.5. The van der Waals surface area contributed by atoms with Crippen LogP contribution in [-0.2, 0) is 19.4 Å². The van der Waals surface area contributed by atoms with Crippen LogP contribution in [0.25, 0.3) is 0 Å². The van der Waals surface area contributed by atoms with E-state index in [0.29, 0.717) is 31.3 Å². The minimum absolute atomic E-state index is 0.0756. The van der Waals surface area contributed by atoms with Gasteiger partial charge in [-0.05, 0) is 19.8 Å². The maximum atomic E-state index is 12.7. The van der Waals surface area contributed by atoms with Gasteiger partial charge in [-0.3, -0.25) is 9.89 Å². The van der Waals surface area contributed by atoms with Crippen LogP contribution in [0.2, 0.25) is 0 Å². The van der Waals surface area contributed by atoms with Gasteiger partial charge in [0.25, 0.3) is 0 Å². The van der Waals surface area contributed by atoms with E-state index in [1.807, 2.05) is 19.1 Å². The summed E-state index contributed by atoms with van der Waals surface area (Å²) in [7, 11) is 0. The molecule has 2 aliphatic rings. The fourth-order valence-corrected chi connectivity index (χ4v) is 3.29. The van der Waals surface area contributed by atoms with Gasteiger partial charge < -0.3 is 9.32 Å². The summed E-state index contributed by atoms with van der Waals surface area (Å²) in [4.78, 5) is 14.4. The Hall–Kier alpha value is -2.44. The molecule has 0 radical (unpaired) electrons. The fraction of sp³-hybridized carbons (Fsp3) is 0.529. The summed E-state index contributed by atoms with van der Waals surface area (Å²) in [6.45, 7) is 3.14. The molecule has 1 aliphatic heterocycles. The first-order chi connectivity index (χ1) is 11.8. The molecule has 0 spiro atoms. The van der Waals surface area contributed by atoms with Crippen LogP contribution in [0.5, 0.6) is 0 Å². The molecule has 24 heavy (non-hydrogen) atoms. The smallest absolute Gasteiger partial charge is 0.311 e. The molecule has 0 bridgehead atoms. The first-order valence-corrected chi connectivity index (χ1v) is 8.55. The molecular weight excluding hydrogens is 306 g/mol. The van der Waals surface area contributed by atoms with Gasteiger partial charge in [-0.25, -0.2) is 0 Å². The van der Waals surface area contributed by atoms with Crippen LogP contribution in [0.3, 0.4) is 0 Å². The average Bonchev–Trinajstić information content (AvgIpc) is 3.18. The number of rotatable bonds is 4. The predicted molar refractivity (Wildman–Crippen MR) is 86.4 cm³/mol. The normalized spacial score (nSPS) is 18.0. The van der Waals surface area contributed by atoms with Gasteiger partial charge in [0.2, 0.25) is 5.89 Å². The minimum Gasteiger partial charge on any atom is -0.417 e. The molecule has 0 aromatic carbocycles. The Labute approximate surface area is 140 Å². The van der Waals surface area contributed by atoms with Gasteiger partial charge in [-0.15, -0.1) is 10.2 Å². The number of amides is 1. The molecule has 0 unspecified atom stereocenters. The molecule has 7 nitrogen and oxygen atoms in total. The summed E-state index contributed by atoms with van der Waals surface area (Å²) in [6.07, 6.45) is 8.84. The Bertz CT molecular complexity index is 772. The van der Waals surface area contributed by atoms with Crippen molar-refractivity contribution in [3.05, 3.63) is 40.9 Å². The zero-order valence-corrected chi connectivity index (χ0v) is 13.8. The summed E-state index contributed by atoms with van der Waals surface area (Å²) in [6, 6.07) is 0. The third-order valence-electron chi connectivity index (χ3n) is 4.92. The van der Waals surface area contributed by atoms with E-state index in [0.717, 1.165) is 12.1 Å². The average molecular weight is 327 g/mol. The lowest BCUT2D eigenvalue weighted by atomic mass is 9.81. The Morgan fingerprint density at radius 1 is 1.42 bits per heavy atom. The second-order valence-electron chi connectivity index (χ2n) is 6.44. The van der Waals surface area contributed by atoms with Gasteiger partial charge in [0.15, 0.2) is 0 Å². The van der Waals surface area contributed by atoms with Crippen molar-refractivity contribution >= 4 is 5.91 Å². The fourth-order valence-electron chi connectivity index (χ4n) is 3.29. The number of carbonyl (C=O) groups is 1. The number of allylic oxidation sites excluding steroid dienone is 2. The number of aromatic nitrogens is 4. The van der Waals surface area contributed by atoms with Crippen LogP contribution in [0, 0.1) is 0 Å². The van der Waals surface area contributed by atoms with Crippen molar-refractivity contribution in [2.75, 3.05) is 6.54 Å². The zero-order chi connectivity index (χ0) is 16.5. The Morgan fingerprint density at radius 3 is 3.04 bits per heavy atom. The van der Waals surface area contributed by atoms with Crippen LogP contribution in [0.4, 0.5) is 0 Å². The molecule has 0 atom stereocenters. The second-order valence-corrected chi connectivity index (χ2v) is 6.44. The van der Waals surface area contributed by atoms with Gasteiger partial charge in [0.1, 0.15) is 0 Å². The monoisotopic (exact) mass is 327 g/mol. The summed E-state index contributed by atoms with van der Waals surface area (Å²) in [5.41, 5.74) is 3.50. The molecular formula is C17H21N5O2. The van der Waals surface area contributed by atoms with E-state index in [2.05, 4.69) is 20.4 Å². The van der Waals surface area contributed by atoms with Crippen LogP contribution in [0.15, 0.2) is 16.6 Å². The SMILES string of the molecule is CC=CCc1nnc(C(=O)N2CCc3[nH]nc(C4CCC4)c3C2)o1. The van der Waals surface area contributed by atoms with Crippen molar-refractivity contribution < 1.29 is 9.21 Å². The van der Waals surface area contributed by atoms with Crippen LogP contribution in [0.1, 0.15) is 65.6 Å². The third-order valence-corrected chi connectivity index (χ3v) is 4.92. The maximum absolute atomic E-state index is 12.7. The van der Waals surface area contributed by atoms with Gasteiger partial charge in [0, 0.05) is 43.1 Å². The first-order valence-electron chi connectivity index (χ1n) is 8.55. The molecule has 1 saturated carbocycles. The lowest BCUT2D eigenvalue weighted by Crippen LogP contribution is -2.36. The van der Waals surface area contributed by atoms with Crippen LogP contribution >= 0.6 is 0 Å². The molecule has 3 heterocycles. The van der Waals surface area contributed by atoms with E-state index in [1.54, 1.807) is 4.90 Å². The largest absolute Gasteiger partial charge is 0.417 e. The second kappa shape index (κ2) is 6.22. The third kappa shape index (κ3) is 2.64. The van der Waals surface area contributed by atoms with Gasteiger partial charge >= 0.3 is 11.8 Å². The topological polar surface area (TPSA) is 87.9 Å². The number of nitrogens with one attached hydrogen (secondary N) is 1. The quantitative estimate of drug-likeness (QED) is 0.871. The predicted octanol–water partition coefficient (Wildman–Crippen LogP) is 2.38. The van der Waals surface area contributed by atoms with E-state index in [1.165, 1.54) is 30.5 Å². The lowest BCUT2D eigenvalue weighted by molar-refractivity contribution is 0.0691. The number of hydrogen-bond donors (Lipinski definition) is 1. The van der Waals surface area contributed by atoms with Crippen molar-refractivity contribution in [2.45, 2.75) is 51.5 Å². The highest BCUT2D eigenvalue weighted by Crippen LogP contribution is 2.38. The highest BCUT2D eigenvalue weighted by molar-refractivity contribution is 5.89. The number of hydrogen-bond acceptors (Lipinski definition) is 5. The summed E-state index contributed by atoms with van der Waals surface area (Å²) >= 11 is 0. The molecule has 1 amide bonds. The van der Waals surface area contributed by atoms with Crippen molar-refractivity contribution in [1.29, 1.82) is 0 Å². The molecule has 2 aromatic rings. The molecule has 1 aliphatic carbocycles. The molecule has 1 fully saturated rings. The van der Waals surface area contributed by atoms with Gasteiger partial charge in [-0.2, -0.15) is 5.10 Å². The van der Waals surface area contributed by atoms with E-state index >= 15 is 0 Å². The lowest BCUT2D eigenvalue weighted by Gasteiger charge is -2.29. The Morgan fingerprint density at radius 2 is 2.29 bits per heavy atom. The van der Waals surface area contributed by atoms with Crippen molar-refractivity contribution in [3.8, 4) is 0 Å². The first kappa shape index (κ1) is 15.1. The highest BCUT2D eigenvalue weighted by atomic mass is 16.4. The number of aromatic amines is 1. The van der Waals surface area contributed by atoms with Crippen molar-refractivity contribution in [3.63, 3.8) is 0 Å². The Balaban J connectivity index is 1.50. The molecule has 4 rings (SSSR count). The zero-order valence-electron chi connectivity index (χ0n) is 13.8. The molecule has 7 heteroatoms. The number of H-pyrrole nitrogens is 1. The molecule has 0 saturated heterocycles. The number of carbonyl (C=O) groups excluding carboxylic acids is 1. The van der Waals surface area contributed by atoms with Gasteiger partial charge in [-0.1, -0.05) is 18.6 Å². The van der Waals surface area contributed by atoms with Crippen molar-refractivity contribution in [1.82, 2.24) is 25.3 Å². The summed E-state index contributed by atoms with van der Waals surface area (Å²) < 4.78 is 5.49. The number of nitrogens with zero attached hydrogens (tertiary/aromatic N) is 4. The van der Waals surface area contributed by atoms with E-state index in [-0.39, 0.29) is 11.8 Å². The van der Waals surface area contributed by atoms with Gasteiger partial charge in [0.05, 0.1) is 5.69 Å². The molecule has 126 valence electrons. The summed E-state index contributed by atoms with van der Waals surface area (Å²) in [5.74, 6) is 0.899. The van der Waals surface area contributed by atoms with E-state index in [4.69, 9.17) is 4.42 Å². The van der Waals surface area contributed by atoms with Crippen molar-refractivity contribution in [2.24, 2.45) is 0 Å². The van der Waals surface area contributed by atoms with Crippen LogP contribution < -0.4 is 0 Å². The maximum Gasteiger partial charge on any atom is 0.311 e. The van der Waals surface area contributed by atoms with E-state index < -0.39 is 0 Å². The minimum atomic E-state index is -0.194. The number of fused-ring (bicyclic) bond motifs is 1. The standard InChI is InChI=1S/C17H21N5O2/c1-2-3-7-14-19-21-16(24-14)17(23)22-9-8-13-12(10-22)15(20-18-13)11-5-4-6-11/h2-3,11H,4-10H2,1H3,(H,18,20). The highest BCUT2D eigenvalue weighted by Gasteiger charge is 2.32. The Kier molecular flexibility index (Phi) is 3.92. The van der Waals surface area contributed by atoms with Crippen LogP contribution in [-0.4, -0.2) is 37.7 Å². The van der Waals surface area contributed by atoms with E-state index in [9.17, 15) is 4.79 Å².